The first-order valence-corrected chi connectivity index (χ1v) is 9.72. The summed E-state index contributed by atoms with van der Waals surface area (Å²) in [5.74, 6) is 0. The second-order valence-corrected chi connectivity index (χ2v) is 7.49. The van der Waals surface area contributed by atoms with Gasteiger partial charge in [-0.15, -0.1) is 0 Å². The summed E-state index contributed by atoms with van der Waals surface area (Å²) in [6.45, 7) is 9.19. The zero-order valence-corrected chi connectivity index (χ0v) is 17.6. The lowest BCUT2D eigenvalue weighted by Crippen LogP contribution is -2.24. The third-order valence-corrected chi connectivity index (χ3v) is 4.99. The molecule has 1 aromatic heterocycles. The Labute approximate surface area is 172 Å². The van der Waals surface area contributed by atoms with E-state index in [1.54, 1.807) is 6.21 Å². The summed E-state index contributed by atoms with van der Waals surface area (Å²) >= 11 is 5.38. The Hall–Kier alpha value is -2.92. The van der Waals surface area contributed by atoms with E-state index >= 15 is 0 Å². The zero-order chi connectivity index (χ0) is 20.1. The molecule has 0 bridgehead atoms. The number of aromatic nitrogens is 1. The molecule has 0 aliphatic carbocycles. The topological polar surface area (TPSA) is 41.4 Å². The van der Waals surface area contributed by atoms with Crippen molar-refractivity contribution < 1.29 is 0 Å². The minimum atomic E-state index is 0.473. The molecule has 3 aromatic rings. The number of nitrogens with zero attached hydrogens (tertiary/aromatic N) is 2. The van der Waals surface area contributed by atoms with E-state index in [0.717, 1.165) is 29.1 Å². The lowest BCUT2D eigenvalue weighted by Gasteiger charge is -2.13. The van der Waals surface area contributed by atoms with E-state index in [4.69, 9.17) is 12.2 Å². The Kier molecular flexibility index (Phi) is 6.26. The van der Waals surface area contributed by atoms with E-state index in [1.165, 1.54) is 16.7 Å². The number of nitrogens with one attached hydrogen (secondary N) is 2. The lowest BCUT2D eigenvalue weighted by atomic mass is 10.1. The van der Waals surface area contributed by atoms with Crippen molar-refractivity contribution in [3.63, 3.8) is 0 Å². The molecule has 2 aromatic carbocycles. The number of hydrogen-bond donors (Lipinski definition) is 2. The van der Waals surface area contributed by atoms with Gasteiger partial charge in [-0.2, -0.15) is 5.10 Å². The predicted molar refractivity (Wildman–Crippen MR) is 122 cm³/mol. The Morgan fingerprint density at radius 1 is 1.00 bits per heavy atom. The highest BCUT2D eigenvalue weighted by atomic mass is 32.1. The molecule has 0 atom stereocenters. The molecule has 3 rings (SSSR count). The third-order valence-electron chi connectivity index (χ3n) is 4.79. The van der Waals surface area contributed by atoms with Gasteiger partial charge >= 0.3 is 0 Å². The van der Waals surface area contributed by atoms with Gasteiger partial charge in [-0.3, -0.25) is 5.43 Å². The molecule has 4 nitrogen and oxygen atoms in total. The molecule has 2 N–H and O–H groups in total. The molecule has 0 radical (unpaired) electrons. The number of para-hydroxylation sites is 1. The van der Waals surface area contributed by atoms with Gasteiger partial charge in [-0.25, -0.2) is 0 Å². The van der Waals surface area contributed by atoms with Crippen LogP contribution in [0.1, 0.15) is 33.5 Å². The van der Waals surface area contributed by atoms with Crippen LogP contribution in [-0.4, -0.2) is 15.9 Å². The molecule has 1 heterocycles. The Bertz CT molecular complexity index is 997. The molecule has 0 spiro atoms. The fraction of sp³-hybridized carbons (Fsp3) is 0.217. The lowest BCUT2D eigenvalue weighted by molar-refractivity contribution is 0.793. The SMILES string of the molecule is Cc1ccc(C)c(Cn2cccc2/C=N\NC(=S)Nc2c(C)cccc2C)c1. The van der Waals surface area contributed by atoms with Crippen LogP contribution in [-0.2, 0) is 6.54 Å². The molecule has 0 amide bonds. The molecule has 0 fully saturated rings. The number of thiocarbonyl (C=S) groups is 1. The number of aryl methyl sites for hydroxylation is 4. The first-order chi connectivity index (χ1) is 13.4. The highest BCUT2D eigenvalue weighted by Crippen LogP contribution is 2.19. The van der Waals surface area contributed by atoms with E-state index in [1.807, 2.05) is 18.2 Å². The molecule has 0 aliphatic rings. The molecular weight excluding hydrogens is 364 g/mol. The van der Waals surface area contributed by atoms with E-state index in [9.17, 15) is 0 Å². The van der Waals surface area contributed by atoms with Crippen molar-refractivity contribution in [2.75, 3.05) is 5.32 Å². The van der Waals surface area contributed by atoms with Crippen molar-refractivity contribution >= 4 is 29.2 Å². The molecule has 28 heavy (non-hydrogen) atoms. The monoisotopic (exact) mass is 390 g/mol. The van der Waals surface area contributed by atoms with Crippen molar-refractivity contribution in [3.05, 3.63) is 88.2 Å². The van der Waals surface area contributed by atoms with E-state index in [2.05, 4.69) is 84.6 Å². The predicted octanol–water partition coefficient (Wildman–Crippen LogP) is 5.09. The highest BCUT2D eigenvalue weighted by Gasteiger charge is 2.05. The van der Waals surface area contributed by atoms with E-state index in [0.29, 0.717) is 5.11 Å². The van der Waals surface area contributed by atoms with Crippen LogP contribution in [0.4, 0.5) is 5.69 Å². The smallest absolute Gasteiger partial charge is 0.191 e. The molecule has 5 heteroatoms. The van der Waals surface area contributed by atoms with Gasteiger partial charge in [-0.1, -0.05) is 42.0 Å². The van der Waals surface area contributed by atoms with Gasteiger partial charge in [0.1, 0.15) is 0 Å². The van der Waals surface area contributed by atoms with Gasteiger partial charge in [0, 0.05) is 18.4 Å². The summed E-state index contributed by atoms with van der Waals surface area (Å²) in [4.78, 5) is 0. The van der Waals surface area contributed by atoms with Crippen LogP contribution in [0.3, 0.4) is 0 Å². The third kappa shape index (κ3) is 4.87. The van der Waals surface area contributed by atoms with Crippen LogP contribution in [0, 0.1) is 27.7 Å². The maximum atomic E-state index is 5.38. The number of anilines is 1. The molecule has 0 unspecified atom stereocenters. The largest absolute Gasteiger partial charge is 0.342 e. The number of rotatable bonds is 5. The van der Waals surface area contributed by atoms with Crippen LogP contribution in [0.5, 0.6) is 0 Å². The van der Waals surface area contributed by atoms with Crippen LogP contribution >= 0.6 is 12.2 Å². The van der Waals surface area contributed by atoms with Crippen molar-refractivity contribution in [3.8, 4) is 0 Å². The summed E-state index contributed by atoms with van der Waals surface area (Å²) in [6, 6.07) is 16.8. The average Bonchev–Trinajstić information content (AvgIpc) is 3.08. The van der Waals surface area contributed by atoms with Gasteiger partial charge in [-0.05, 0) is 74.3 Å². The summed E-state index contributed by atoms with van der Waals surface area (Å²) in [5, 5.41) is 8.01. The Balaban J connectivity index is 1.65. The molecule has 0 saturated heterocycles. The normalized spacial score (nSPS) is 11.0. The van der Waals surface area contributed by atoms with Crippen molar-refractivity contribution in [2.24, 2.45) is 5.10 Å². The van der Waals surface area contributed by atoms with E-state index < -0.39 is 0 Å². The maximum Gasteiger partial charge on any atom is 0.191 e. The van der Waals surface area contributed by atoms with Crippen molar-refractivity contribution in [1.29, 1.82) is 0 Å². The second kappa shape index (κ2) is 8.85. The molecule has 0 aliphatic heterocycles. The minimum Gasteiger partial charge on any atom is -0.342 e. The van der Waals surface area contributed by atoms with Gasteiger partial charge < -0.3 is 9.88 Å². The van der Waals surface area contributed by atoms with Crippen LogP contribution in [0.15, 0.2) is 59.8 Å². The fourth-order valence-electron chi connectivity index (χ4n) is 3.15. The minimum absolute atomic E-state index is 0.473. The summed E-state index contributed by atoms with van der Waals surface area (Å²) in [5.41, 5.74) is 11.1. The summed E-state index contributed by atoms with van der Waals surface area (Å²) < 4.78 is 2.18. The average molecular weight is 391 g/mol. The van der Waals surface area contributed by atoms with Crippen LogP contribution in [0.2, 0.25) is 0 Å². The van der Waals surface area contributed by atoms with Gasteiger partial charge in [0.15, 0.2) is 5.11 Å². The maximum absolute atomic E-state index is 5.38. The van der Waals surface area contributed by atoms with E-state index in [-0.39, 0.29) is 0 Å². The number of hydrazone groups is 1. The number of benzene rings is 2. The van der Waals surface area contributed by atoms with Crippen molar-refractivity contribution in [1.82, 2.24) is 9.99 Å². The van der Waals surface area contributed by atoms with Crippen LogP contribution in [0.25, 0.3) is 0 Å². The van der Waals surface area contributed by atoms with Crippen molar-refractivity contribution in [2.45, 2.75) is 34.2 Å². The molecule has 0 saturated carbocycles. The highest BCUT2D eigenvalue weighted by molar-refractivity contribution is 7.80. The second-order valence-electron chi connectivity index (χ2n) is 7.08. The standard InChI is InChI=1S/C23H26N4S/c1-16-10-11-17(2)20(13-16)15-27-12-6-9-21(27)14-24-26-23(28)25-22-18(3)7-5-8-19(22)4/h5-14H,15H2,1-4H3,(H2,25,26,28)/b24-14-. The fourth-order valence-corrected chi connectivity index (χ4v) is 3.31. The molecule has 144 valence electrons. The summed E-state index contributed by atoms with van der Waals surface area (Å²) in [6.07, 6.45) is 3.86. The zero-order valence-electron chi connectivity index (χ0n) is 16.8. The first kappa shape index (κ1) is 19.8. The van der Waals surface area contributed by atoms with Gasteiger partial charge in [0.25, 0.3) is 0 Å². The first-order valence-electron chi connectivity index (χ1n) is 9.31. The Morgan fingerprint density at radius 2 is 1.75 bits per heavy atom. The van der Waals surface area contributed by atoms with Gasteiger partial charge in [0.2, 0.25) is 0 Å². The Morgan fingerprint density at radius 3 is 2.50 bits per heavy atom. The quantitative estimate of drug-likeness (QED) is 0.362. The summed E-state index contributed by atoms with van der Waals surface area (Å²) in [7, 11) is 0. The van der Waals surface area contributed by atoms with Crippen LogP contribution < -0.4 is 10.7 Å². The molecular formula is C23H26N4S. The number of hydrogen-bond acceptors (Lipinski definition) is 2. The van der Waals surface area contributed by atoms with Gasteiger partial charge in [0.05, 0.1) is 11.9 Å².